The number of anilines is 1. The highest BCUT2D eigenvalue weighted by Crippen LogP contribution is 2.28. The van der Waals surface area contributed by atoms with Crippen molar-refractivity contribution >= 4 is 5.69 Å². The molecule has 2 heterocycles. The second-order valence-corrected chi connectivity index (χ2v) is 3.52. The lowest BCUT2D eigenvalue weighted by molar-refractivity contribution is -0.0811. The second-order valence-electron chi connectivity index (χ2n) is 3.52. The quantitative estimate of drug-likeness (QED) is 0.791. The molecule has 0 spiro atoms. The Labute approximate surface area is 93.7 Å². The highest BCUT2D eigenvalue weighted by Gasteiger charge is 2.22. The van der Waals surface area contributed by atoms with Gasteiger partial charge >= 0.3 is 0 Å². The second kappa shape index (κ2) is 4.98. The molecule has 0 bridgehead atoms. The van der Waals surface area contributed by atoms with Crippen LogP contribution in [-0.4, -0.2) is 35.9 Å². The summed E-state index contributed by atoms with van der Waals surface area (Å²) in [5, 5.41) is 0. The zero-order valence-electron chi connectivity index (χ0n) is 9.18. The molecule has 1 aliphatic rings. The topological polar surface area (TPSA) is 79.5 Å². The van der Waals surface area contributed by atoms with Gasteiger partial charge in [-0.3, -0.25) is 0 Å². The zero-order chi connectivity index (χ0) is 11.4. The fourth-order valence-corrected chi connectivity index (χ4v) is 1.21. The van der Waals surface area contributed by atoms with Crippen LogP contribution in [0.25, 0.3) is 0 Å². The fourth-order valence-electron chi connectivity index (χ4n) is 1.21. The number of hydrogen-bond acceptors (Lipinski definition) is 6. The Morgan fingerprint density at radius 3 is 2.81 bits per heavy atom. The monoisotopic (exact) mass is 225 g/mol. The number of nitrogen functional groups attached to an aromatic ring is 1. The summed E-state index contributed by atoms with van der Waals surface area (Å²) in [6, 6.07) is 0. The molecule has 16 heavy (non-hydrogen) atoms. The van der Waals surface area contributed by atoms with E-state index in [9.17, 15) is 0 Å². The first-order chi connectivity index (χ1) is 7.81. The van der Waals surface area contributed by atoms with Crippen molar-refractivity contribution in [2.45, 2.75) is 19.4 Å². The van der Waals surface area contributed by atoms with Crippen molar-refractivity contribution in [3.8, 4) is 11.8 Å². The van der Waals surface area contributed by atoms with E-state index in [0.29, 0.717) is 37.3 Å². The molecule has 0 amide bonds. The Kier molecular flexibility index (Phi) is 3.40. The van der Waals surface area contributed by atoms with Crippen LogP contribution in [-0.2, 0) is 4.74 Å². The van der Waals surface area contributed by atoms with Gasteiger partial charge in [-0.25, -0.2) is 0 Å². The Morgan fingerprint density at radius 2 is 2.19 bits per heavy atom. The first-order valence-corrected chi connectivity index (χ1v) is 5.29. The summed E-state index contributed by atoms with van der Waals surface area (Å²) in [6.07, 6.45) is 2.32. The van der Waals surface area contributed by atoms with Crippen molar-refractivity contribution < 1.29 is 14.2 Å². The number of rotatable bonds is 5. The van der Waals surface area contributed by atoms with E-state index in [0.717, 1.165) is 6.42 Å². The van der Waals surface area contributed by atoms with Gasteiger partial charge in [0.2, 0.25) is 11.8 Å². The summed E-state index contributed by atoms with van der Waals surface area (Å²) in [6.45, 7) is 3.75. The van der Waals surface area contributed by atoms with Crippen LogP contribution in [0.1, 0.15) is 13.3 Å². The van der Waals surface area contributed by atoms with Gasteiger partial charge in [0.15, 0.2) is 5.69 Å². The summed E-state index contributed by atoms with van der Waals surface area (Å²) in [5.74, 6) is 0.751. The summed E-state index contributed by atoms with van der Waals surface area (Å²) in [4.78, 5) is 7.93. The van der Waals surface area contributed by atoms with Crippen LogP contribution in [0.2, 0.25) is 0 Å². The lowest BCUT2D eigenvalue weighted by Gasteiger charge is -2.26. The van der Waals surface area contributed by atoms with Crippen LogP contribution in [0.5, 0.6) is 11.8 Å². The van der Waals surface area contributed by atoms with Crippen molar-refractivity contribution in [2.24, 2.45) is 0 Å². The maximum Gasteiger partial charge on any atom is 0.244 e. The molecule has 6 heteroatoms. The molecular weight excluding hydrogens is 210 g/mol. The molecule has 0 radical (unpaired) electrons. The van der Waals surface area contributed by atoms with Crippen LogP contribution in [0, 0.1) is 0 Å². The Hall–Kier alpha value is -1.56. The van der Waals surface area contributed by atoms with E-state index in [-0.39, 0.29) is 6.10 Å². The van der Waals surface area contributed by atoms with E-state index in [4.69, 9.17) is 19.9 Å². The average Bonchev–Trinajstić information content (AvgIpc) is 2.23. The van der Waals surface area contributed by atoms with Crippen LogP contribution >= 0.6 is 0 Å². The van der Waals surface area contributed by atoms with Crippen molar-refractivity contribution in [3.05, 3.63) is 6.33 Å². The number of hydrogen-bond donors (Lipinski definition) is 1. The van der Waals surface area contributed by atoms with E-state index >= 15 is 0 Å². The Bertz CT molecular complexity index is 355. The number of nitrogens with two attached hydrogens (primary N) is 1. The summed E-state index contributed by atoms with van der Waals surface area (Å²) < 4.78 is 15.9. The highest BCUT2D eigenvalue weighted by atomic mass is 16.6. The van der Waals surface area contributed by atoms with Crippen LogP contribution in [0.3, 0.4) is 0 Å². The largest absolute Gasteiger partial charge is 0.476 e. The van der Waals surface area contributed by atoms with Gasteiger partial charge in [0.1, 0.15) is 12.4 Å². The van der Waals surface area contributed by atoms with Crippen LogP contribution in [0.4, 0.5) is 5.69 Å². The van der Waals surface area contributed by atoms with Gasteiger partial charge < -0.3 is 19.9 Å². The third-order valence-corrected chi connectivity index (χ3v) is 2.14. The maximum absolute atomic E-state index is 5.84. The van der Waals surface area contributed by atoms with Gasteiger partial charge in [-0.15, -0.1) is 0 Å². The molecule has 0 atom stereocenters. The molecule has 2 rings (SSSR count). The first-order valence-electron chi connectivity index (χ1n) is 5.29. The van der Waals surface area contributed by atoms with Crippen LogP contribution < -0.4 is 15.2 Å². The molecule has 0 aromatic carbocycles. The molecule has 1 aromatic heterocycles. The lowest BCUT2D eigenvalue weighted by atomic mass is 10.3. The molecule has 0 aliphatic carbocycles. The minimum absolute atomic E-state index is 0.0382. The molecule has 1 aliphatic heterocycles. The third-order valence-electron chi connectivity index (χ3n) is 2.14. The fraction of sp³-hybridized carbons (Fsp3) is 0.600. The number of nitrogens with zero attached hydrogens (tertiary/aromatic N) is 2. The maximum atomic E-state index is 5.84. The molecule has 1 saturated heterocycles. The van der Waals surface area contributed by atoms with Gasteiger partial charge in [0, 0.05) is 0 Å². The number of ether oxygens (including phenoxy) is 3. The molecule has 0 unspecified atom stereocenters. The zero-order valence-corrected chi connectivity index (χ0v) is 9.18. The highest BCUT2D eigenvalue weighted by molar-refractivity contribution is 5.55. The summed E-state index contributed by atoms with van der Waals surface area (Å²) in [5.41, 5.74) is 6.19. The van der Waals surface area contributed by atoms with E-state index in [2.05, 4.69) is 9.97 Å². The normalized spacial score (nSPS) is 15.6. The van der Waals surface area contributed by atoms with Gasteiger partial charge in [-0.1, -0.05) is 6.92 Å². The van der Waals surface area contributed by atoms with Crippen molar-refractivity contribution in [3.63, 3.8) is 0 Å². The Morgan fingerprint density at radius 1 is 1.44 bits per heavy atom. The smallest absolute Gasteiger partial charge is 0.244 e. The van der Waals surface area contributed by atoms with Gasteiger partial charge in [0.05, 0.1) is 19.8 Å². The first kappa shape index (κ1) is 10.9. The number of aromatic nitrogens is 2. The predicted molar refractivity (Wildman–Crippen MR) is 57.5 cm³/mol. The molecule has 88 valence electrons. The van der Waals surface area contributed by atoms with Crippen molar-refractivity contribution in [2.75, 3.05) is 25.6 Å². The molecular formula is C10H15N3O3. The van der Waals surface area contributed by atoms with E-state index < -0.39 is 0 Å². The van der Waals surface area contributed by atoms with Gasteiger partial charge in [0.25, 0.3) is 0 Å². The van der Waals surface area contributed by atoms with Crippen LogP contribution in [0.15, 0.2) is 6.33 Å². The van der Waals surface area contributed by atoms with Crippen molar-refractivity contribution in [1.82, 2.24) is 9.97 Å². The lowest BCUT2D eigenvalue weighted by Crippen LogP contribution is -2.39. The van der Waals surface area contributed by atoms with E-state index in [1.807, 2.05) is 6.92 Å². The molecule has 6 nitrogen and oxygen atoms in total. The molecule has 1 aromatic rings. The minimum atomic E-state index is 0.0382. The Balaban J connectivity index is 2.05. The van der Waals surface area contributed by atoms with Crippen molar-refractivity contribution in [1.29, 1.82) is 0 Å². The summed E-state index contributed by atoms with van der Waals surface area (Å²) >= 11 is 0. The standard InChI is InChI=1S/C10H15N3O3/c1-2-3-15-9-8(11)10(13-6-12-9)16-7-4-14-5-7/h6-7H,2-5,11H2,1H3. The third kappa shape index (κ3) is 2.33. The van der Waals surface area contributed by atoms with Gasteiger partial charge in [-0.2, -0.15) is 9.97 Å². The van der Waals surface area contributed by atoms with E-state index in [1.54, 1.807) is 0 Å². The predicted octanol–water partition coefficient (Wildman–Crippen LogP) is 0.625. The summed E-state index contributed by atoms with van der Waals surface area (Å²) in [7, 11) is 0. The molecule has 1 fully saturated rings. The minimum Gasteiger partial charge on any atom is -0.476 e. The molecule has 2 N–H and O–H groups in total. The SMILES string of the molecule is CCCOc1ncnc(OC2COC2)c1N. The molecule has 0 saturated carbocycles. The average molecular weight is 225 g/mol. The van der Waals surface area contributed by atoms with Gasteiger partial charge in [-0.05, 0) is 6.42 Å². The van der Waals surface area contributed by atoms with E-state index in [1.165, 1.54) is 6.33 Å².